The lowest BCUT2D eigenvalue weighted by Crippen LogP contribution is -3.00. The lowest BCUT2D eigenvalue weighted by molar-refractivity contribution is -0.877. The van der Waals surface area contributed by atoms with Gasteiger partial charge < -0.3 is 21.6 Å². The highest BCUT2D eigenvalue weighted by molar-refractivity contribution is 5.70. The zero-order valence-corrected chi connectivity index (χ0v) is 10.2. The fourth-order valence-electron chi connectivity index (χ4n) is 1.06. The van der Waals surface area contributed by atoms with Crippen LogP contribution in [0, 0.1) is 0 Å². The molecule has 4 heteroatoms. The molecule has 0 unspecified atom stereocenters. The van der Waals surface area contributed by atoms with Crippen LogP contribution in [0.4, 0.5) is 0 Å². The standard InChI is InChI=1S/C10H20NO2.ClH/c1-6-7-11(4,5)8-10(12)13-9(2)3;/h6,9H,1,7-8H2,2-5H3;1H/q+1;/p-1. The number of carbonyl (C=O) groups excluding carboxylic acids is 1. The molecule has 0 saturated carbocycles. The maximum absolute atomic E-state index is 11.3. The minimum absolute atomic E-state index is 0. The summed E-state index contributed by atoms with van der Waals surface area (Å²) in [5, 5.41) is 0. The van der Waals surface area contributed by atoms with Gasteiger partial charge in [-0.15, -0.1) is 0 Å². The van der Waals surface area contributed by atoms with Crippen LogP contribution in [-0.2, 0) is 9.53 Å². The van der Waals surface area contributed by atoms with E-state index in [1.807, 2.05) is 34.0 Å². The molecule has 0 aliphatic heterocycles. The third-order valence-corrected chi connectivity index (χ3v) is 1.55. The van der Waals surface area contributed by atoms with Crippen LogP contribution in [0.2, 0.25) is 0 Å². The predicted molar refractivity (Wildman–Crippen MR) is 53.3 cm³/mol. The van der Waals surface area contributed by atoms with Crippen LogP contribution in [0.25, 0.3) is 0 Å². The fraction of sp³-hybridized carbons (Fsp3) is 0.700. The summed E-state index contributed by atoms with van der Waals surface area (Å²) in [5.41, 5.74) is 0. The topological polar surface area (TPSA) is 26.3 Å². The number of esters is 1. The number of hydrogen-bond donors (Lipinski definition) is 0. The van der Waals surface area contributed by atoms with Crippen molar-refractivity contribution >= 4 is 5.97 Å². The molecule has 0 N–H and O–H groups in total. The molecule has 0 bridgehead atoms. The van der Waals surface area contributed by atoms with Crippen molar-refractivity contribution in [1.29, 1.82) is 0 Å². The SMILES string of the molecule is C=CC[N+](C)(C)CC(=O)OC(C)C.[Cl-]. The minimum Gasteiger partial charge on any atom is -1.00 e. The van der Waals surface area contributed by atoms with Gasteiger partial charge in [0.2, 0.25) is 0 Å². The number of rotatable bonds is 5. The highest BCUT2D eigenvalue weighted by Crippen LogP contribution is 1.99. The number of ether oxygens (including phenoxy) is 1. The predicted octanol–water partition coefficient (Wildman–Crippen LogP) is -1.80. The maximum Gasteiger partial charge on any atom is 0.362 e. The van der Waals surface area contributed by atoms with Crippen LogP contribution in [0.1, 0.15) is 13.8 Å². The van der Waals surface area contributed by atoms with Gasteiger partial charge in [-0.1, -0.05) is 6.58 Å². The maximum atomic E-state index is 11.3. The van der Waals surface area contributed by atoms with E-state index in [0.29, 0.717) is 11.0 Å². The molecule has 0 radical (unpaired) electrons. The van der Waals surface area contributed by atoms with Crippen LogP contribution in [0.15, 0.2) is 12.7 Å². The number of carbonyl (C=O) groups is 1. The van der Waals surface area contributed by atoms with E-state index in [2.05, 4.69) is 6.58 Å². The van der Waals surface area contributed by atoms with Gasteiger partial charge in [0.05, 0.1) is 26.7 Å². The lowest BCUT2D eigenvalue weighted by Gasteiger charge is -2.27. The molecule has 14 heavy (non-hydrogen) atoms. The van der Waals surface area contributed by atoms with E-state index in [4.69, 9.17) is 4.74 Å². The number of likely N-dealkylation sites (N-methyl/N-ethyl adjacent to an activating group) is 1. The Morgan fingerprint density at radius 3 is 2.36 bits per heavy atom. The number of nitrogens with zero attached hydrogens (tertiary/aromatic N) is 1. The largest absolute Gasteiger partial charge is 1.00 e. The van der Waals surface area contributed by atoms with E-state index in [1.165, 1.54) is 0 Å². The summed E-state index contributed by atoms with van der Waals surface area (Å²) in [4.78, 5) is 11.3. The molecule has 0 fully saturated rings. The van der Waals surface area contributed by atoms with E-state index in [0.717, 1.165) is 6.54 Å². The fourth-order valence-corrected chi connectivity index (χ4v) is 1.06. The third-order valence-electron chi connectivity index (χ3n) is 1.55. The molecule has 3 nitrogen and oxygen atoms in total. The summed E-state index contributed by atoms with van der Waals surface area (Å²) in [6.45, 7) is 8.52. The van der Waals surface area contributed by atoms with Crippen molar-refractivity contribution in [3.63, 3.8) is 0 Å². The summed E-state index contributed by atoms with van der Waals surface area (Å²) in [6, 6.07) is 0. The van der Waals surface area contributed by atoms with Crippen LogP contribution in [-0.4, -0.2) is 43.7 Å². The zero-order chi connectivity index (χ0) is 10.5. The smallest absolute Gasteiger partial charge is 0.362 e. The molecule has 0 heterocycles. The van der Waals surface area contributed by atoms with Crippen molar-refractivity contribution in [2.24, 2.45) is 0 Å². The molecule has 0 amide bonds. The first-order valence-electron chi connectivity index (χ1n) is 4.50. The Kier molecular flexibility index (Phi) is 7.78. The Morgan fingerprint density at radius 1 is 1.50 bits per heavy atom. The Morgan fingerprint density at radius 2 is 2.00 bits per heavy atom. The molecule has 0 spiro atoms. The highest BCUT2D eigenvalue weighted by Gasteiger charge is 2.19. The van der Waals surface area contributed by atoms with E-state index in [1.54, 1.807) is 0 Å². The van der Waals surface area contributed by atoms with Crippen LogP contribution in [0.5, 0.6) is 0 Å². The van der Waals surface area contributed by atoms with Gasteiger partial charge in [0.25, 0.3) is 0 Å². The minimum atomic E-state index is -0.151. The van der Waals surface area contributed by atoms with Gasteiger partial charge >= 0.3 is 5.97 Å². The van der Waals surface area contributed by atoms with Crippen molar-refractivity contribution in [3.8, 4) is 0 Å². The van der Waals surface area contributed by atoms with E-state index in [-0.39, 0.29) is 24.5 Å². The molecule has 0 saturated heterocycles. The number of hydrogen-bond acceptors (Lipinski definition) is 2. The van der Waals surface area contributed by atoms with Gasteiger partial charge in [-0.25, -0.2) is 4.79 Å². The summed E-state index contributed by atoms with van der Waals surface area (Å²) in [6.07, 6.45) is 1.78. The quantitative estimate of drug-likeness (QED) is 0.311. The van der Waals surface area contributed by atoms with Crippen LogP contribution >= 0.6 is 0 Å². The first kappa shape index (κ1) is 15.9. The van der Waals surface area contributed by atoms with Gasteiger partial charge in [-0.3, -0.25) is 0 Å². The highest BCUT2D eigenvalue weighted by atomic mass is 35.5. The van der Waals surface area contributed by atoms with Gasteiger partial charge in [-0.2, -0.15) is 0 Å². The van der Waals surface area contributed by atoms with Crippen molar-refractivity contribution < 1.29 is 26.4 Å². The molecular formula is C10H20ClNO2. The summed E-state index contributed by atoms with van der Waals surface area (Å²) < 4.78 is 5.64. The summed E-state index contributed by atoms with van der Waals surface area (Å²) >= 11 is 0. The second-order valence-electron chi connectivity index (χ2n) is 4.10. The first-order chi connectivity index (χ1) is 5.87. The first-order valence-corrected chi connectivity index (χ1v) is 4.50. The Balaban J connectivity index is 0. The van der Waals surface area contributed by atoms with E-state index < -0.39 is 0 Å². The molecular weight excluding hydrogens is 202 g/mol. The van der Waals surface area contributed by atoms with Gasteiger partial charge in [0.1, 0.15) is 0 Å². The number of halogens is 1. The molecule has 84 valence electrons. The number of quaternary nitrogens is 1. The van der Waals surface area contributed by atoms with E-state index in [9.17, 15) is 4.79 Å². The molecule has 0 aliphatic carbocycles. The lowest BCUT2D eigenvalue weighted by atomic mass is 10.4. The van der Waals surface area contributed by atoms with Gasteiger partial charge in [-0.05, 0) is 19.9 Å². The molecule has 0 aromatic carbocycles. The van der Waals surface area contributed by atoms with E-state index >= 15 is 0 Å². The van der Waals surface area contributed by atoms with Gasteiger partial charge in [0, 0.05) is 0 Å². The molecule has 0 atom stereocenters. The Labute approximate surface area is 92.7 Å². The molecule has 0 aromatic rings. The monoisotopic (exact) mass is 221 g/mol. The second kappa shape index (κ2) is 6.85. The zero-order valence-electron chi connectivity index (χ0n) is 9.42. The van der Waals surface area contributed by atoms with Crippen LogP contribution < -0.4 is 12.4 Å². The molecule has 0 aliphatic rings. The average molecular weight is 222 g/mol. The summed E-state index contributed by atoms with van der Waals surface area (Å²) in [5.74, 6) is -0.151. The molecule has 0 rings (SSSR count). The molecule has 0 aromatic heterocycles. The third kappa shape index (κ3) is 8.08. The van der Waals surface area contributed by atoms with Crippen molar-refractivity contribution in [1.82, 2.24) is 0 Å². The summed E-state index contributed by atoms with van der Waals surface area (Å²) in [7, 11) is 3.95. The van der Waals surface area contributed by atoms with Crippen molar-refractivity contribution in [3.05, 3.63) is 12.7 Å². The van der Waals surface area contributed by atoms with Crippen LogP contribution in [0.3, 0.4) is 0 Å². The average Bonchev–Trinajstić information content (AvgIpc) is 1.81. The normalized spacial score (nSPS) is 10.6. The second-order valence-corrected chi connectivity index (χ2v) is 4.10. The van der Waals surface area contributed by atoms with Gasteiger partial charge in [0.15, 0.2) is 6.54 Å². The van der Waals surface area contributed by atoms with Crippen molar-refractivity contribution in [2.75, 3.05) is 27.2 Å². The van der Waals surface area contributed by atoms with Crippen molar-refractivity contribution in [2.45, 2.75) is 20.0 Å². The Hall–Kier alpha value is -0.540. The Bertz CT molecular complexity index is 191.